The van der Waals surface area contributed by atoms with Gasteiger partial charge in [0.25, 0.3) is 0 Å². The van der Waals surface area contributed by atoms with Gasteiger partial charge in [0.05, 0.1) is 6.04 Å². The van der Waals surface area contributed by atoms with Crippen LogP contribution < -0.4 is 5.32 Å². The number of hydrogen-bond acceptors (Lipinski definition) is 1. The minimum absolute atomic E-state index is 0.309. The summed E-state index contributed by atoms with van der Waals surface area (Å²) in [6, 6.07) is 0.681. The van der Waals surface area contributed by atoms with E-state index in [9.17, 15) is 0 Å². The lowest BCUT2D eigenvalue weighted by molar-refractivity contribution is 0.438. The predicted octanol–water partition coefficient (Wildman–Crippen LogP) is 6.67. The molecule has 0 saturated carbocycles. The molecular formula is C27H26BrN. The summed E-state index contributed by atoms with van der Waals surface area (Å²) in [5, 5.41) is 4.10. The lowest BCUT2D eigenvalue weighted by Gasteiger charge is -2.45. The van der Waals surface area contributed by atoms with Crippen LogP contribution in [0.2, 0.25) is 0 Å². The molecule has 0 amide bonds. The van der Waals surface area contributed by atoms with Gasteiger partial charge in [0.2, 0.25) is 0 Å². The van der Waals surface area contributed by atoms with Gasteiger partial charge in [-0.25, -0.2) is 0 Å². The van der Waals surface area contributed by atoms with Gasteiger partial charge < -0.3 is 0 Å². The molecule has 0 saturated heterocycles. The van der Waals surface area contributed by atoms with Gasteiger partial charge in [-0.1, -0.05) is 70.6 Å². The van der Waals surface area contributed by atoms with E-state index in [1.54, 1.807) is 5.57 Å². The molecule has 0 fully saturated rings. The third-order valence-corrected chi connectivity index (χ3v) is 7.74. The van der Waals surface area contributed by atoms with Crippen LogP contribution >= 0.6 is 15.9 Å². The van der Waals surface area contributed by atoms with Gasteiger partial charge in [-0.2, -0.15) is 0 Å². The van der Waals surface area contributed by atoms with Crippen molar-refractivity contribution in [2.75, 3.05) is 0 Å². The molecule has 2 heteroatoms. The van der Waals surface area contributed by atoms with Gasteiger partial charge in [0, 0.05) is 16.4 Å². The summed E-state index contributed by atoms with van der Waals surface area (Å²) in [6.07, 6.45) is 30.8. The molecule has 3 unspecified atom stereocenters. The van der Waals surface area contributed by atoms with Crippen LogP contribution in [-0.4, -0.2) is 12.1 Å². The van der Waals surface area contributed by atoms with E-state index in [1.807, 2.05) is 0 Å². The van der Waals surface area contributed by atoms with E-state index >= 15 is 0 Å². The van der Waals surface area contributed by atoms with E-state index < -0.39 is 0 Å². The number of fused-ring (bicyclic) bond motifs is 4. The molecule has 3 atom stereocenters. The predicted molar refractivity (Wildman–Crippen MR) is 125 cm³/mol. The van der Waals surface area contributed by atoms with Gasteiger partial charge >= 0.3 is 0 Å². The third kappa shape index (κ3) is 2.92. The van der Waals surface area contributed by atoms with Crippen LogP contribution in [0.15, 0.2) is 104 Å². The summed E-state index contributed by atoms with van der Waals surface area (Å²) in [5.74, 6) is 0.409. The Morgan fingerprint density at radius 2 is 1.59 bits per heavy atom. The normalized spacial score (nSPS) is 32.5. The molecule has 6 rings (SSSR count). The Bertz CT molecular complexity index is 1050. The van der Waals surface area contributed by atoms with Crippen molar-refractivity contribution in [3.05, 3.63) is 104 Å². The average molecular weight is 444 g/mol. The zero-order chi connectivity index (χ0) is 19.4. The second kappa shape index (κ2) is 7.11. The van der Waals surface area contributed by atoms with Gasteiger partial charge in [-0.05, 0) is 83.6 Å². The topological polar surface area (TPSA) is 12.0 Å². The van der Waals surface area contributed by atoms with Crippen molar-refractivity contribution in [1.29, 1.82) is 0 Å². The molecular weight excluding hydrogens is 418 g/mol. The number of halogens is 1. The smallest absolute Gasteiger partial charge is 0.0587 e. The molecule has 1 heterocycles. The van der Waals surface area contributed by atoms with E-state index in [0.717, 1.165) is 19.3 Å². The van der Waals surface area contributed by atoms with Crippen LogP contribution in [-0.2, 0) is 0 Å². The molecule has 29 heavy (non-hydrogen) atoms. The molecule has 0 aromatic heterocycles. The fourth-order valence-electron chi connectivity index (χ4n) is 5.85. The number of rotatable bonds is 1. The highest BCUT2D eigenvalue weighted by Gasteiger charge is 2.41. The van der Waals surface area contributed by atoms with Crippen LogP contribution in [0.5, 0.6) is 0 Å². The van der Waals surface area contributed by atoms with Crippen molar-refractivity contribution >= 4 is 15.9 Å². The van der Waals surface area contributed by atoms with Crippen molar-refractivity contribution in [3.63, 3.8) is 0 Å². The standard InChI is InChI=1S/C27H26BrN/c28-20-9-5-8-19(16-20)25-23-14-12-17-6-1-3-10-21(17)26(23)29-27-22-11-4-2-7-18(22)13-15-24(25)27/h3-4,9-16,23,26-27,29H,1-2,5-8H2. The average Bonchev–Trinajstić information content (AvgIpc) is 2.77. The first-order valence-corrected chi connectivity index (χ1v) is 11.8. The summed E-state index contributed by atoms with van der Waals surface area (Å²) in [5.41, 5.74) is 10.6. The van der Waals surface area contributed by atoms with Crippen LogP contribution in [0.4, 0.5) is 0 Å². The Labute approximate surface area is 181 Å². The molecule has 0 aromatic carbocycles. The molecule has 1 N–H and O–H groups in total. The van der Waals surface area contributed by atoms with Crippen molar-refractivity contribution in [2.45, 2.75) is 50.6 Å². The highest BCUT2D eigenvalue weighted by Crippen LogP contribution is 2.46. The van der Waals surface area contributed by atoms with E-state index in [-0.39, 0.29) is 0 Å². The zero-order valence-corrected chi connectivity index (χ0v) is 18.2. The molecule has 0 spiro atoms. The SMILES string of the molecule is BrC1=CCCC(C2=C3C=CC4=C(C=CCC4)C3NC3C4=C(C=CC23)CCC=C4)=C1. The number of nitrogens with one attached hydrogen (secondary N) is 1. The lowest BCUT2D eigenvalue weighted by Crippen LogP contribution is -2.52. The zero-order valence-electron chi connectivity index (χ0n) is 16.6. The maximum Gasteiger partial charge on any atom is 0.0587 e. The lowest BCUT2D eigenvalue weighted by atomic mass is 9.67. The molecule has 0 aromatic rings. The van der Waals surface area contributed by atoms with Crippen LogP contribution in [0.1, 0.15) is 38.5 Å². The minimum atomic E-state index is 0.309. The van der Waals surface area contributed by atoms with Gasteiger partial charge in [0.15, 0.2) is 0 Å². The molecule has 6 aliphatic rings. The summed E-state index contributed by atoms with van der Waals surface area (Å²) in [7, 11) is 0. The van der Waals surface area contributed by atoms with Gasteiger partial charge in [-0.15, -0.1) is 0 Å². The first-order valence-electron chi connectivity index (χ1n) is 11.0. The van der Waals surface area contributed by atoms with Crippen LogP contribution in [0, 0.1) is 5.92 Å². The molecule has 146 valence electrons. The summed E-state index contributed by atoms with van der Waals surface area (Å²) in [6.45, 7) is 0. The first kappa shape index (κ1) is 17.9. The Balaban J connectivity index is 1.54. The third-order valence-electron chi connectivity index (χ3n) is 7.18. The second-order valence-electron chi connectivity index (χ2n) is 8.81. The number of allylic oxidation sites excluding steroid dienone is 10. The Hall–Kier alpha value is -1.90. The Kier molecular flexibility index (Phi) is 4.39. The van der Waals surface area contributed by atoms with Crippen LogP contribution in [0.25, 0.3) is 0 Å². The van der Waals surface area contributed by atoms with E-state index in [2.05, 4.69) is 82.0 Å². The fourth-order valence-corrected chi connectivity index (χ4v) is 6.36. The van der Waals surface area contributed by atoms with Gasteiger partial charge in [0.1, 0.15) is 0 Å². The molecule has 1 nitrogen and oxygen atoms in total. The highest BCUT2D eigenvalue weighted by atomic mass is 79.9. The van der Waals surface area contributed by atoms with Crippen molar-refractivity contribution in [3.8, 4) is 0 Å². The van der Waals surface area contributed by atoms with E-state index in [1.165, 1.54) is 57.2 Å². The van der Waals surface area contributed by atoms with Gasteiger partial charge in [-0.3, -0.25) is 5.32 Å². The summed E-state index contributed by atoms with van der Waals surface area (Å²) < 4.78 is 1.23. The quantitative estimate of drug-likeness (QED) is 0.476. The summed E-state index contributed by atoms with van der Waals surface area (Å²) in [4.78, 5) is 0. The minimum Gasteiger partial charge on any atom is -0.298 e. The van der Waals surface area contributed by atoms with Crippen molar-refractivity contribution < 1.29 is 0 Å². The maximum absolute atomic E-state index is 4.10. The van der Waals surface area contributed by atoms with Crippen LogP contribution in [0.3, 0.4) is 0 Å². The van der Waals surface area contributed by atoms with Crippen molar-refractivity contribution in [1.82, 2.24) is 5.32 Å². The van der Waals surface area contributed by atoms with E-state index in [4.69, 9.17) is 0 Å². The molecule has 5 aliphatic carbocycles. The largest absolute Gasteiger partial charge is 0.298 e. The Morgan fingerprint density at radius 1 is 0.793 bits per heavy atom. The second-order valence-corrected chi connectivity index (χ2v) is 9.72. The van der Waals surface area contributed by atoms with Crippen molar-refractivity contribution in [2.24, 2.45) is 5.92 Å². The Morgan fingerprint density at radius 3 is 2.41 bits per heavy atom. The first-order chi connectivity index (χ1) is 14.3. The maximum atomic E-state index is 4.10. The highest BCUT2D eigenvalue weighted by molar-refractivity contribution is 9.11. The molecule has 1 aliphatic heterocycles. The monoisotopic (exact) mass is 443 g/mol. The molecule has 0 bridgehead atoms. The summed E-state index contributed by atoms with van der Waals surface area (Å²) >= 11 is 3.75. The van der Waals surface area contributed by atoms with E-state index in [0.29, 0.717) is 18.0 Å². The molecule has 0 radical (unpaired) electrons. The number of hydrogen-bond donors (Lipinski definition) is 1. The fraction of sp³-hybridized carbons (Fsp3) is 0.333.